The molecule has 0 aromatic rings. The maximum Gasteiger partial charge on any atom is 0.236 e. The van der Waals surface area contributed by atoms with Gasteiger partial charge in [-0.1, -0.05) is 6.92 Å². The van der Waals surface area contributed by atoms with E-state index in [1.807, 2.05) is 6.92 Å². The summed E-state index contributed by atoms with van der Waals surface area (Å²) in [5, 5.41) is 11.3. The van der Waals surface area contributed by atoms with E-state index >= 15 is 0 Å². The average molecular weight is 160 g/mol. The van der Waals surface area contributed by atoms with E-state index in [1.54, 1.807) is 6.92 Å². The second-order valence-electron chi connectivity index (χ2n) is 2.59. The Balaban J connectivity index is 3.72. The van der Waals surface area contributed by atoms with Gasteiger partial charge in [0.15, 0.2) is 0 Å². The molecule has 0 aliphatic rings. The van der Waals surface area contributed by atoms with Crippen LogP contribution in [-0.2, 0) is 4.79 Å². The van der Waals surface area contributed by atoms with Gasteiger partial charge in [-0.05, 0) is 13.3 Å². The molecule has 0 heterocycles. The largest absolute Gasteiger partial charge is 0.394 e. The lowest BCUT2D eigenvalue weighted by molar-refractivity contribution is -0.123. The van der Waals surface area contributed by atoms with Crippen molar-refractivity contribution >= 4 is 5.91 Å². The number of hydrogen-bond acceptors (Lipinski definition) is 3. The minimum Gasteiger partial charge on any atom is -0.394 e. The summed E-state index contributed by atoms with van der Waals surface area (Å²) in [5.74, 6) is -0.217. The summed E-state index contributed by atoms with van der Waals surface area (Å²) < 4.78 is 0. The molecule has 11 heavy (non-hydrogen) atoms. The lowest BCUT2D eigenvalue weighted by Gasteiger charge is -2.15. The molecule has 0 aliphatic carbocycles. The number of carbonyl (C=O) groups is 1. The fraction of sp³-hybridized carbons (Fsp3) is 0.857. The van der Waals surface area contributed by atoms with Crippen molar-refractivity contribution in [2.45, 2.75) is 32.4 Å². The molecule has 2 atom stereocenters. The predicted molar refractivity (Wildman–Crippen MR) is 43.0 cm³/mol. The first kappa shape index (κ1) is 10.4. The van der Waals surface area contributed by atoms with E-state index in [-0.39, 0.29) is 18.6 Å². The minimum atomic E-state index is -0.504. The van der Waals surface area contributed by atoms with Crippen molar-refractivity contribution in [3.8, 4) is 0 Å². The van der Waals surface area contributed by atoms with Crippen molar-refractivity contribution in [2.75, 3.05) is 6.61 Å². The number of aliphatic hydroxyl groups excluding tert-OH is 1. The van der Waals surface area contributed by atoms with Crippen LogP contribution >= 0.6 is 0 Å². The summed E-state index contributed by atoms with van der Waals surface area (Å²) in [6.45, 7) is 3.47. The molecule has 0 rings (SSSR count). The highest BCUT2D eigenvalue weighted by Gasteiger charge is 2.11. The Morgan fingerprint density at radius 2 is 2.27 bits per heavy atom. The summed E-state index contributed by atoms with van der Waals surface area (Å²) in [7, 11) is 0. The number of amides is 1. The molecule has 4 nitrogen and oxygen atoms in total. The van der Waals surface area contributed by atoms with Crippen LogP contribution in [0.2, 0.25) is 0 Å². The van der Waals surface area contributed by atoms with Crippen LogP contribution in [0, 0.1) is 0 Å². The monoisotopic (exact) mass is 160 g/mol. The van der Waals surface area contributed by atoms with E-state index in [9.17, 15) is 4.79 Å². The topological polar surface area (TPSA) is 75.3 Å². The SMILES string of the molecule is CC[C@H](CO)NC(=O)[C@H](C)N. The number of rotatable bonds is 4. The summed E-state index contributed by atoms with van der Waals surface area (Å²) in [5.41, 5.74) is 5.30. The maximum absolute atomic E-state index is 10.9. The van der Waals surface area contributed by atoms with Crippen LogP contribution in [-0.4, -0.2) is 29.7 Å². The van der Waals surface area contributed by atoms with Gasteiger partial charge in [-0.2, -0.15) is 0 Å². The second-order valence-corrected chi connectivity index (χ2v) is 2.59. The predicted octanol–water partition coefficient (Wildman–Crippen LogP) is -0.779. The molecule has 0 aromatic carbocycles. The van der Waals surface area contributed by atoms with Gasteiger partial charge in [0.05, 0.1) is 18.7 Å². The lowest BCUT2D eigenvalue weighted by atomic mass is 10.2. The van der Waals surface area contributed by atoms with Crippen LogP contribution in [0.25, 0.3) is 0 Å². The first-order chi connectivity index (χ1) is 5.11. The molecule has 0 fully saturated rings. The van der Waals surface area contributed by atoms with E-state index in [2.05, 4.69) is 5.32 Å². The van der Waals surface area contributed by atoms with Crippen molar-refractivity contribution in [1.29, 1.82) is 0 Å². The lowest BCUT2D eigenvalue weighted by Crippen LogP contribution is -2.45. The third kappa shape index (κ3) is 3.95. The zero-order valence-corrected chi connectivity index (χ0v) is 7.00. The molecule has 0 spiro atoms. The summed E-state index contributed by atoms with van der Waals surface area (Å²) in [6.07, 6.45) is 0.717. The van der Waals surface area contributed by atoms with Crippen molar-refractivity contribution < 1.29 is 9.90 Å². The Labute approximate surface area is 66.8 Å². The Morgan fingerprint density at radius 3 is 2.55 bits per heavy atom. The summed E-state index contributed by atoms with van der Waals surface area (Å²) in [6, 6.07) is -0.663. The van der Waals surface area contributed by atoms with Gasteiger partial charge in [0.2, 0.25) is 5.91 Å². The highest BCUT2D eigenvalue weighted by atomic mass is 16.3. The quantitative estimate of drug-likeness (QED) is 0.505. The van der Waals surface area contributed by atoms with Crippen LogP contribution in [0.15, 0.2) is 0 Å². The molecule has 0 radical (unpaired) electrons. The molecule has 0 aliphatic heterocycles. The molecule has 4 N–H and O–H groups in total. The Morgan fingerprint density at radius 1 is 1.73 bits per heavy atom. The molecule has 4 heteroatoms. The Kier molecular flexibility index (Phi) is 4.81. The smallest absolute Gasteiger partial charge is 0.236 e. The third-order valence-corrected chi connectivity index (χ3v) is 1.47. The molecule has 1 amide bonds. The Hall–Kier alpha value is -0.610. The fourth-order valence-corrected chi connectivity index (χ4v) is 0.609. The molecule has 0 aromatic heterocycles. The van der Waals surface area contributed by atoms with Gasteiger partial charge in [0.25, 0.3) is 0 Å². The van der Waals surface area contributed by atoms with Crippen LogP contribution in [0.4, 0.5) is 0 Å². The number of hydrogen-bond donors (Lipinski definition) is 3. The summed E-state index contributed by atoms with van der Waals surface area (Å²) in [4.78, 5) is 10.9. The number of carbonyl (C=O) groups excluding carboxylic acids is 1. The van der Waals surface area contributed by atoms with Gasteiger partial charge in [0.1, 0.15) is 0 Å². The van der Waals surface area contributed by atoms with Crippen molar-refractivity contribution in [3.05, 3.63) is 0 Å². The number of nitrogens with two attached hydrogens (primary N) is 1. The van der Waals surface area contributed by atoms with E-state index in [0.717, 1.165) is 6.42 Å². The van der Waals surface area contributed by atoms with E-state index in [0.29, 0.717) is 0 Å². The van der Waals surface area contributed by atoms with Gasteiger partial charge in [0, 0.05) is 0 Å². The van der Waals surface area contributed by atoms with Gasteiger partial charge < -0.3 is 16.2 Å². The molecular formula is C7H16N2O2. The Bertz CT molecular complexity index is 122. The van der Waals surface area contributed by atoms with E-state index in [1.165, 1.54) is 0 Å². The fourth-order valence-electron chi connectivity index (χ4n) is 0.609. The molecular weight excluding hydrogens is 144 g/mol. The van der Waals surface area contributed by atoms with Crippen LogP contribution < -0.4 is 11.1 Å². The van der Waals surface area contributed by atoms with Crippen LogP contribution in [0.1, 0.15) is 20.3 Å². The number of aliphatic hydroxyl groups is 1. The normalized spacial score (nSPS) is 15.6. The third-order valence-electron chi connectivity index (χ3n) is 1.47. The van der Waals surface area contributed by atoms with Gasteiger partial charge in [-0.3, -0.25) is 4.79 Å². The molecule has 0 bridgehead atoms. The first-order valence-corrected chi connectivity index (χ1v) is 3.78. The molecule has 0 saturated heterocycles. The standard InChI is InChI=1S/C7H16N2O2/c1-3-6(4-10)9-7(11)5(2)8/h5-6,10H,3-4,8H2,1-2H3,(H,9,11)/t5-,6+/m0/s1. The van der Waals surface area contributed by atoms with Crippen LogP contribution in [0.3, 0.4) is 0 Å². The second kappa shape index (κ2) is 5.09. The maximum atomic E-state index is 10.9. The molecule has 0 saturated carbocycles. The van der Waals surface area contributed by atoms with E-state index < -0.39 is 6.04 Å². The average Bonchev–Trinajstić information content (AvgIpc) is 1.99. The summed E-state index contributed by atoms with van der Waals surface area (Å²) >= 11 is 0. The van der Waals surface area contributed by atoms with Crippen LogP contribution in [0.5, 0.6) is 0 Å². The zero-order chi connectivity index (χ0) is 8.85. The minimum absolute atomic E-state index is 0.0328. The molecule has 66 valence electrons. The highest BCUT2D eigenvalue weighted by molar-refractivity contribution is 5.81. The van der Waals surface area contributed by atoms with Gasteiger partial charge in [-0.15, -0.1) is 0 Å². The highest BCUT2D eigenvalue weighted by Crippen LogP contribution is 1.89. The zero-order valence-electron chi connectivity index (χ0n) is 7.00. The van der Waals surface area contributed by atoms with Gasteiger partial charge >= 0.3 is 0 Å². The van der Waals surface area contributed by atoms with E-state index in [4.69, 9.17) is 10.8 Å². The van der Waals surface area contributed by atoms with Gasteiger partial charge in [-0.25, -0.2) is 0 Å². The number of nitrogens with one attached hydrogen (secondary N) is 1. The molecule has 0 unspecified atom stereocenters. The first-order valence-electron chi connectivity index (χ1n) is 3.78. The van der Waals surface area contributed by atoms with Crippen molar-refractivity contribution in [2.24, 2.45) is 5.73 Å². The van der Waals surface area contributed by atoms with Crippen molar-refractivity contribution in [3.63, 3.8) is 0 Å². The van der Waals surface area contributed by atoms with Crippen molar-refractivity contribution in [1.82, 2.24) is 5.32 Å².